The summed E-state index contributed by atoms with van der Waals surface area (Å²) in [6.45, 7) is 0.562. The largest absolute Gasteiger partial charge is 0.497 e. The number of fused-ring (bicyclic) bond motifs is 3. The molecule has 30 heavy (non-hydrogen) atoms. The zero-order valence-corrected chi connectivity index (χ0v) is 17.8. The number of methoxy groups -OCH3 is 3. The summed E-state index contributed by atoms with van der Waals surface area (Å²) >= 11 is 0. The maximum absolute atomic E-state index is 13.1. The number of ether oxygens (including phenoxy) is 3. The second kappa shape index (κ2) is 8.88. The van der Waals surface area contributed by atoms with Gasteiger partial charge in [-0.2, -0.15) is 5.10 Å². The molecule has 2 atom stereocenters. The van der Waals surface area contributed by atoms with E-state index in [1.54, 1.807) is 26.3 Å². The van der Waals surface area contributed by atoms with E-state index in [1.165, 1.54) is 5.56 Å². The summed E-state index contributed by atoms with van der Waals surface area (Å²) < 4.78 is 15.9. The van der Waals surface area contributed by atoms with Crippen LogP contribution in [-0.2, 0) is 16.0 Å². The summed E-state index contributed by atoms with van der Waals surface area (Å²) in [5.74, 6) is 1.79. The van der Waals surface area contributed by atoms with Gasteiger partial charge in [0, 0.05) is 31.6 Å². The van der Waals surface area contributed by atoms with Crippen LogP contribution >= 0.6 is 0 Å². The molecule has 0 saturated heterocycles. The highest BCUT2D eigenvalue weighted by atomic mass is 16.5. The van der Waals surface area contributed by atoms with Crippen LogP contribution in [0.2, 0.25) is 0 Å². The van der Waals surface area contributed by atoms with E-state index in [-0.39, 0.29) is 17.9 Å². The first kappa shape index (κ1) is 20.4. The number of nitrogens with zero attached hydrogens (tertiary/aromatic N) is 2. The van der Waals surface area contributed by atoms with Gasteiger partial charge in [0.25, 0.3) is 0 Å². The molecule has 1 heterocycles. The van der Waals surface area contributed by atoms with Crippen LogP contribution in [0.5, 0.6) is 11.5 Å². The summed E-state index contributed by atoms with van der Waals surface area (Å²) in [4.78, 5) is 13.1. The van der Waals surface area contributed by atoms with Gasteiger partial charge < -0.3 is 14.2 Å². The van der Waals surface area contributed by atoms with E-state index in [2.05, 4.69) is 6.07 Å². The fourth-order valence-electron chi connectivity index (χ4n) is 4.44. The molecule has 6 heteroatoms. The average molecular weight is 408 g/mol. The van der Waals surface area contributed by atoms with Crippen molar-refractivity contribution in [2.45, 2.75) is 31.7 Å². The lowest BCUT2D eigenvalue weighted by Crippen LogP contribution is -2.32. The number of amides is 1. The van der Waals surface area contributed by atoms with Crippen LogP contribution in [0.1, 0.15) is 42.0 Å². The number of hydrogen-bond acceptors (Lipinski definition) is 5. The van der Waals surface area contributed by atoms with E-state index in [0.717, 1.165) is 41.2 Å². The SMILES string of the molecule is COCCCC(=O)N1N=C2c3cc(OC)ccc3CC[C@H]2[C@H]1c1ccc(OC)cc1. The molecule has 158 valence electrons. The first-order chi connectivity index (χ1) is 14.7. The molecule has 4 rings (SSSR count). The van der Waals surface area contributed by atoms with Crippen LogP contribution in [-0.4, -0.2) is 44.6 Å². The number of carbonyl (C=O) groups excluding carboxylic acids is 1. The van der Waals surface area contributed by atoms with Crippen molar-refractivity contribution in [3.05, 3.63) is 59.2 Å². The number of aryl methyl sites for hydroxylation is 1. The molecule has 2 aliphatic rings. The highest BCUT2D eigenvalue weighted by Gasteiger charge is 2.43. The molecule has 0 bridgehead atoms. The van der Waals surface area contributed by atoms with Gasteiger partial charge in [-0.15, -0.1) is 0 Å². The van der Waals surface area contributed by atoms with Crippen LogP contribution in [0.3, 0.4) is 0 Å². The van der Waals surface area contributed by atoms with Crippen molar-refractivity contribution in [3.8, 4) is 11.5 Å². The Morgan fingerprint density at radius 3 is 2.50 bits per heavy atom. The van der Waals surface area contributed by atoms with Crippen LogP contribution < -0.4 is 9.47 Å². The zero-order chi connectivity index (χ0) is 21.1. The Balaban J connectivity index is 1.71. The van der Waals surface area contributed by atoms with Crippen molar-refractivity contribution in [1.29, 1.82) is 0 Å². The molecule has 2 aromatic rings. The normalized spacial score (nSPS) is 19.7. The van der Waals surface area contributed by atoms with Gasteiger partial charge in [-0.05, 0) is 54.7 Å². The maximum atomic E-state index is 13.1. The highest BCUT2D eigenvalue weighted by Crippen LogP contribution is 2.44. The van der Waals surface area contributed by atoms with E-state index >= 15 is 0 Å². The molecule has 1 aliphatic carbocycles. The van der Waals surface area contributed by atoms with Crippen molar-refractivity contribution in [2.24, 2.45) is 11.0 Å². The first-order valence-corrected chi connectivity index (χ1v) is 10.4. The van der Waals surface area contributed by atoms with Crippen molar-refractivity contribution >= 4 is 11.6 Å². The van der Waals surface area contributed by atoms with Crippen LogP contribution in [0.15, 0.2) is 47.6 Å². The van der Waals surface area contributed by atoms with E-state index in [4.69, 9.17) is 19.3 Å². The fourth-order valence-corrected chi connectivity index (χ4v) is 4.44. The fraction of sp³-hybridized carbons (Fsp3) is 0.417. The zero-order valence-electron chi connectivity index (χ0n) is 17.8. The van der Waals surface area contributed by atoms with Crippen molar-refractivity contribution in [1.82, 2.24) is 5.01 Å². The van der Waals surface area contributed by atoms with Gasteiger partial charge in [-0.1, -0.05) is 18.2 Å². The van der Waals surface area contributed by atoms with Crippen LogP contribution in [0.4, 0.5) is 0 Å². The standard InChI is InChI=1S/C24H28N2O4/c1-28-14-4-5-22(27)26-24(17-7-10-18(29-2)11-8-17)20-13-9-16-6-12-19(30-3)15-21(16)23(20)25-26/h6-8,10-12,15,20,24H,4-5,9,13-14H2,1-3H3/t20-,24-/m1/s1. The molecule has 1 amide bonds. The minimum absolute atomic E-state index is 0.0271. The van der Waals surface area contributed by atoms with Crippen molar-refractivity contribution in [2.75, 3.05) is 27.9 Å². The molecule has 2 aromatic carbocycles. The number of rotatable bonds is 7. The van der Waals surface area contributed by atoms with Crippen molar-refractivity contribution in [3.63, 3.8) is 0 Å². The van der Waals surface area contributed by atoms with Gasteiger partial charge in [0.2, 0.25) is 5.91 Å². The van der Waals surface area contributed by atoms with Gasteiger partial charge in [0.05, 0.1) is 26.0 Å². The van der Waals surface area contributed by atoms with Gasteiger partial charge >= 0.3 is 0 Å². The summed E-state index contributed by atoms with van der Waals surface area (Å²) in [5, 5.41) is 6.58. The summed E-state index contributed by atoms with van der Waals surface area (Å²) in [5.41, 5.74) is 4.41. The predicted octanol–water partition coefficient (Wildman–Crippen LogP) is 3.98. The Morgan fingerprint density at radius 2 is 1.80 bits per heavy atom. The lowest BCUT2D eigenvalue weighted by molar-refractivity contribution is -0.133. The Kier molecular flexibility index (Phi) is 6.04. The Morgan fingerprint density at radius 1 is 1.07 bits per heavy atom. The third-order valence-electron chi connectivity index (χ3n) is 5.98. The molecule has 1 aliphatic heterocycles. The highest BCUT2D eigenvalue weighted by molar-refractivity contribution is 6.07. The van der Waals surface area contributed by atoms with Gasteiger partial charge in [-0.3, -0.25) is 4.79 Å². The third kappa shape index (κ3) is 3.79. The topological polar surface area (TPSA) is 60.4 Å². The average Bonchev–Trinajstić information content (AvgIpc) is 3.19. The molecule has 0 unspecified atom stereocenters. The Labute approximate surface area is 177 Å². The first-order valence-electron chi connectivity index (χ1n) is 10.4. The number of carbonyl (C=O) groups is 1. The molecular weight excluding hydrogens is 380 g/mol. The van der Waals surface area contributed by atoms with Crippen molar-refractivity contribution < 1.29 is 19.0 Å². The van der Waals surface area contributed by atoms with Gasteiger partial charge in [0.15, 0.2) is 0 Å². The van der Waals surface area contributed by atoms with Crippen LogP contribution in [0, 0.1) is 5.92 Å². The molecule has 0 spiro atoms. The minimum atomic E-state index is -0.111. The number of hydrazone groups is 1. The molecule has 0 aromatic heterocycles. The van der Waals surface area contributed by atoms with E-state index in [0.29, 0.717) is 19.4 Å². The number of benzene rings is 2. The summed E-state index contributed by atoms with van der Waals surface area (Å²) in [6.07, 6.45) is 3.01. The number of hydrogen-bond donors (Lipinski definition) is 0. The summed E-state index contributed by atoms with van der Waals surface area (Å²) in [7, 11) is 4.98. The molecule has 0 N–H and O–H groups in total. The molecular formula is C24H28N2O4. The van der Waals surface area contributed by atoms with E-state index in [9.17, 15) is 4.79 Å². The van der Waals surface area contributed by atoms with E-state index < -0.39 is 0 Å². The van der Waals surface area contributed by atoms with E-state index in [1.807, 2.05) is 36.4 Å². The second-order valence-electron chi connectivity index (χ2n) is 7.71. The Hall–Kier alpha value is -2.86. The smallest absolute Gasteiger partial charge is 0.243 e. The monoisotopic (exact) mass is 408 g/mol. The van der Waals surface area contributed by atoms with Gasteiger partial charge in [-0.25, -0.2) is 5.01 Å². The predicted molar refractivity (Wildman–Crippen MR) is 115 cm³/mol. The third-order valence-corrected chi connectivity index (χ3v) is 5.98. The van der Waals surface area contributed by atoms with Crippen LogP contribution in [0.25, 0.3) is 0 Å². The maximum Gasteiger partial charge on any atom is 0.243 e. The minimum Gasteiger partial charge on any atom is -0.497 e. The molecule has 0 saturated carbocycles. The lowest BCUT2D eigenvalue weighted by Gasteiger charge is -2.30. The Bertz CT molecular complexity index is 939. The lowest BCUT2D eigenvalue weighted by atomic mass is 9.77. The quantitative estimate of drug-likeness (QED) is 0.650. The van der Waals surface area contributed by atoms with Gasteiger partial charge in [0.1, 0.15) is 11.5 Å². The molecule has 0 fully saturated rings. The summed E-state index contributed by atoms with van der Waals surface area (Å²) in [6, 6.07) is 14.0. The molecule has 6 nitrogen and oxygen atoms in total. The second-order valence-corrected chi connectivity index (χ2v) is 7.71. The molecule has 0 radical (unpaired) electrons.